The molecule has 1 heterocycles. The number of hydrogen-bond donors (Lipinski definition) is 1. The predicted molar refractivity (Wildman–Crippen MR) is 92.5 cm³/mol. The minimum absolute atomic E-state index is 0.0306. The fourth-order valence-corrected chi connectivity index (χ4v) is 4.00. The van der Waals surface area contributed by atoms with Crippen molar-refractivity contribution in [1.29, 1.82) is 0 Å². The highest BCUT2D eigenvalue weighted by Gasteiger charge is 2.39. The van der Waals surface area contributed by atoms with Crippen LogP contribution in [0.3, 0.4) is 0 Å². The zero-order chi connectivity index (χ0) is 16.5. The van der Waals surface area contributed by atoms with Crippen molar-refractivity contribution in [2.75, 3.05) is 13.1 Å². The van der Waals surface area contributed by atoms with E-state index in [1.807, 2.05) is 0 Å². The Morgan fingerprint density at radius 3 is 2.67 bits per heavy atom. The molecule has 24 heavy (non-hydrogen) atoms. The summed E-state index contributed by atoms with van der Waals surface area (Å²) in [5, 5.41) is 0. The number of fused-ring (bicyclic) bond motifs is 1. The average molecular weight is 326 g/mol. The van der Waals surface area contributed by atoms with Crippen LogP contribution in [0, 0.1) is 5.82 Å². The second kappa shape index (κ2) is 6.54. The summed E-state index contributed by atoms with van der Waals surface area (Å²) in [5.74, 6) is 0.470. The van der Waals surface area contributed by atoms with Crippen LogP contribution >= 0.6 is 0 Å². The fraction of sp³-hybridized carbons (Fsp3) is 0.400. The molecule has 1 saturated heterocycles. The normalized spacial score (nSPS) is 27.0. The minimum atomic E-state index is -0.243. The van der Waals surface area contributed by atoms with Gasteiger partial charge in [0, 0.05) is 12.6 Å². The van der Waals surface area contributed by atoms with Crippen molar-refractivity contribution < 1.29 is 9.13 Å². The van der Waals surface area contributed by atoms with Crippen molar-refractivity contribution in [3.05, 3.63) is 65.5 Å². The van der Waals surface area contributed by atoms with Crippen molar-refractivity contribution in [2.45, 2.75) is 37.5 Å². The number of nitrogens with zero attached hydrogens (tertiary/aromatic N) is 1. The molecular weight excluding hydrogens is 303 g/mol. The molecule has 4 heteroatoms. The van der Waals surface area contributed by atoms with Crippen LogP contribution in [0.1, 0.15) is 30.1 Å². The molecule has 3 nitrogen and oxygen atoms in total. The number of ether oxygens (including phenoxy) is 1. The Kier molecular flexibility index (Phi) is 4.25. The van der Waals surface area contributed by atoms with Crippen molar-refractivity contribution >= 4 is 0 Å². The van der Waals surface area contributed by atoms with Crippen molar-refractivity contribution in [3.8, 4) is 5.75 Å². The van der Waals surface area contributed by atoms with Gasteiger partial charge in [0.2, 0.25) is 0 Å². The zero-order valence-electron chi connectivity index (χ0n) is 13.7. The Morgan fingerprint density at radius 1 is 1.08 bits per heavy atom. The maximum Gasteiger partial charge on any atom is 0.140 e. The predicted octanol–water partition coefficient (Wildman–Crippen LogP) is 3.29. The van der Waals surface area contributed by atoms with Crippen molar-refractivity contribution in [3.63, 3.8) is 0 Å². The number of rotatable bonds is 3. The monoisotopic (exact) mass is 326 g/mol. The van der Waals surface area contributed by atoms with Crippen LogP contribution in [0.25, 0.3) is 0 Å². The first kappa shape index (κ1) is 15.6. The van der Waals surface area contributed by atoms with Gasteiger partial charge in [0.05, 0.1) is 6.04 Å². The van der Waals surface area contributed by atoms with E-state index in [0.29, 0.717) is 11.8 Å². The Labute approximate surface area is 142 Å². The molecule has 3 atom stereocenters. The van der Waals surface area contributed by atoms with Crippen molar-refractivity contribution in [1.82, 2.24) is 4.90 Å². The maximum atomic E-state index is 13.2. The number of piperidine rings is 1. The summed E-state index contributed by atoms with van der Waals surface area (Å²) in [6, 6.07) is 15.3. The highest BCUT2D eigenvalue weighted by atomic mass is 19.1. The number of nitrogens with two attached hydrogens (primary N) is 1. The fourth-order valence-electron chi connectivity index (χ4n) is 4.00. The van der Waals surface area contributed by atoms with E-state index in [9.17, 15) is 4.39 Å². The van der Waals surface area contributed by atoms with Crippen LogP contribution in [0.15, 0.2) is 48.5 Å². The number of likely N-dealkylation sites (tertiary alicyclic amines) is 1. The molecule has 0 unspecified atom stereocenters. The molecule has 4 rings (SSSR count). The first-order valence-corrected chi connectivity index (χ1v) is 8.70. The zero-order valence-corrected chi connectivity index (χ0v) is 13.7. The number of hydrogen-bond acceptors (Lipinski definition) is 3. The Bertz CT molecular complexity index is 703. The third kappa shape index (κ3) is 3.04. The Morgan fingerprint density at radius 2 is 1.88 bits per heavy atom. The van der Waals surface area contributed by atoms with Crippen LogP contribution in [0.2, 0.25) is 0 Å². The van der Waals surface area contributed by atoms with E-state index in [-0.39, 0.29) is 18.0 Å². The molecule has 0 saturated carbocycles. The summed E-state index contributed by atoms with van der Waals surface area (Å²) in [7, 11) is 0. The van der Waals surface area contributed by atoms with Gasteiger partial charge in [-0.3, -0.25) is 4.90 Å². The van der Waals surface area contributed by atoms with Crippen LogP contribution in [0.5, 0.6) is 5.75 Å². The van der Waals surface area contributed by atoms with E-state index in [2.05, 4.69) is 29.2 Å². The summed E-state index contributed by atoms with van der Waals surface area (Å²) in [6.07, 6.45) is 3.18. The van der Waals surface area contributed by atoms with Gasteiger partial charge < -0.3 is 10.5 Å². The second-order valence-electron chi connectivity index (χ2n) is 6.86. The van der Waals surface area contributed by atoms with Crippen molar-refractivity contribution in [2.24, 2.45) is 5.73 Å². The van der Waals surface area contributed by atoms with Gasteiger partial charge in [-0.25, -0.2) is 4.39 Å². The van der Waals surface area contributed by atoms with Gasteiger partial charge in [0.1, 0.15) is 17.7 Å². The van der Waals surface area contributed by atoms with Gasteiger partial charge in [0.15, 0.2) is 0 Å². The van der Waals surface area contributed by atoms with Gasteiger partial charge in [-0.1, -0.05) is 24.3 Å². The van der Waals surface area contributed by atoms with E-state index in [1.165, 1.54) is 23.3 Å². The molecule has 1 aliphatic carbocycles. The molecule has 1 aliphatic heterocycles. The summed E-state index contributed by atoms with van der Waals surface area (Å²) < 4.78 is 19.5. The first-order chi connectivity index (χ1) is 11.7. The van der Waals surface area contributed by atoms with E-state index in [1.54, 1.807) is 12.1 Å². The van der Waals surface area contributed by atoms with Gasteiger partial charge in [-0.2, -0.15) is 0 Å². The SMILES string of the molecule is N[C@@H]1CCCN([C@@H]2Cc3ccccc3[C@H]2Oc2ccc(F)cc2)C1. The lowest BCUT2D eigenvalue weighted by Gasteiger charge is -2.38. The van der Waals surface area contributed by atoms with Crippen LogP contribution in [0.4, 0.5) is 4.39 Å². The topological polar surface area (TPSA) is 38.5 Å². The van der Waals surface area contributed by atoms with Gasteiger partial charge >= 0.3 is 0 Å². The molecule has 0 radical (unpaired) electrons. The van der Waals surface area contributed by atoms with E-state index in [0.717, 1.165) is 32.4 Å². The molecule has 0 bridgehead atoms. The van der Waals surface area contributed by atoms with Crippen LogP contribution < -0.4 is 10.5 Å². The summed E-state index contributed by atoms with van der Waals surface area (Å²) >= 11 is 0. The van der Waals surface area contributed by atoms with Gasteiger partial charge in [-0.15, -0.1) is 0 Å². The molecule has 2 aromatic carbocycles. The third-order valence-corrected chi connectivity index (χ3v) is 5.18. The first-order valence-electron chi connectivity index (χ1n) is 8.70. The van der Waals surface area contributed by atoms with E-state index < -0.39 is 0 Å². The second-order valence-corrected chi connectivity index (χ2v) is 6.86. The summed E-state index contributed by atoms with van der Waals surface area (Å²) in [5.41, 5.74) is 8.77. The van der Waals surface area contributed by atoms with Gasteiger partial charge in [-0.05, 0) is 61.2 Å². The molecule has 0 spiro atoms. The molecule has 1 fully saturated rings. The summed E-state index contributed by atoms with van der Waals surface area (Å²) in [4.78, 5) is 2.47. The number of benzene rings is 2. The van der Waals surface area contributed by atoms with Crippen LogP contribution in [-0.4, -0.2) is 30.1 Å². The van der Waals surface area contributed by atoms with E-state index in [4.69, 9.17) is 10.5 Å². The van der Waals surface area contributed by atoms with E-state index >= 15 is 0 Å². The largest absolute Gasteiger partial charge is 0.484 e. The molecule has 126 valence electrons. The molecule has 2 N–H and O–H groups in total. The molecule has 2 aliphatic rings. The smallest absolute Gasteiger partial charge is 0.140 e. The molecule has 0 aromatic heterocycles. The molecule has 0 amide bonds. The maximum absolute atomic E-state index is 13.2. The Hall–Kier alpha value is -1.91. The lowest BCUT2D eigenvalue weighted by molar-refractivity contribution is 0.0593. The Balaban J connectivity index is 1.62. The number of halogens is 1. The molecule has 2 aromatic rings. The highest BCUT2D eigenvalue weighted by molar-refractivity contribution is 5.38. The van der Waals surface area contributed by atoms with Gasteiger partial charge in [0.25, 0.3) is 0 Å². The van der Waals surface area contributed by atoms with Crippen LogP contribution in [-0.2, 0) is 6.42 Å². The third-order valence-electron chi connectivity index (χ3n) is 5.18. The quantitative estimate of drug-likeness (QED) is 0.940. The standard InChI is InChI=1S/C20H23FN2O/c21-15-7-9-17(10-8-15)24-20-18-6-2-1-4-14(18)12-19(20)23-11-3-5-16(22)13-23/h1-2,4,6-10,16,19-20H,3,5,11-13,22H2/t16-,19-,20-/m1/s1. The summed E-state index contributed by atoms with van der Waals surface area (Å²) in [6.45, 7) is 1.98. The minimum Gasteiger partial charge on any atom is -0.484 e. The molecular formula is C20H23FN2O. The average Bonchev–Trinajstić information content (AvgIpc) is 2.96. The lowest BCUT2D eigenvalue weighted by atomic mass is 10.0. The highest BCUT2D eigenvalue weighted by Crippen LogP contribution is 2.38. The lowest BCUT2D eigenvalue weighted by Crippen LogP contribution is -2.49.